The summed E-state index contributed by atoms with van der Waals surface area (Å²) < 4.78 is 38.1. The van der Waals surface area contributed by atoms with Crippen molar-refractivity contribution in [2.24, 2.45) is 0 Å². The van der Waals surface area contributed by atoms with Crippen LogP contribution in [0.3, 0.4) is 0 Å². The van der Waals surface area contributed by atoms with E-state index in [-0.39, 0.29) is 15.0 Å². The standard InChI is InChI=1S/C12H8BrF3N2OS/c13-8-2-1-6(5-7(8)12(14,15)16)18-11(19)10-9(17)3-4-20-10/h1-5H,17H2,(H,18,19). The smallest absolute Gasteiger partial charge is 0.397 e. The molecule has 1 amide bonds. The minimum absolute atomic E-state index is 0.0540. The van der Waals surface area contributed by atoms with Crippen molar-refractivity contribution in [2.75, 3.05) is 11.1 Å². The number of carbonyl (C=O) groups excluding carboxylic acids is 1. The molecule has 0 bridgehead atoms. The number of rotatable bonds is 2. The van der Waals surface area contributed by atoms with E-state index in [1.807, 2.05) is 0 Å². The molecule has 20 heavy (non-hydrogen) atoms. The zero-order valence-electron chi connectivity index (χ0n) is 9.79. The van der Waals surface area contributed by atoms with E-state index in [1.54, 1.807) is 11.4 Å². The maximum Gasteiger partial charge on any atom is 0.417 e. The minimum atomic E-state index is -4.50. The number of thiophene rings is 1. The first-order valence-electron chi connectivity index (χ1n) is 5.30. The van der Waals surface area contributed by atoms with Crippen LogP contribution in [0.4, 0.5) is 24.5 Å². The number of nitrogen functional groups attached to an aromatic ring is 1. The fourth-order valence-corrected chi connectivity index (χ4v) is 2.70. The van der Waals surface area contributed by atoms with E-state index < -0.39 is 17.6 Å². The monoisotopic (exact) mass is 364 g/mol. The molecule has 0 aliphatic carbocycles. The number of benzene rings is 1. The molecular formula is C12H8BrF3N2OS. The summed E-state index contributed by atoms with van der Waals surface area (Å²) in [5, 5.41) is 4.03. The molecule has 0 aliphatic rings. The van der Waals surface area contributed by atoms with Gasteiger partial charge in [-0.1, -0.05) is 15.9 Å². The molecule has 0 radical (unpaired) electrons. The van der Waals surface area contributed by atoms with Gasteiger partial charge >= 0.3 is 6.18 Å². The highest BCUT2D eigenvalue weighted by Gasteiger charge is 2.33. The fourth-order valence-electron chi connectivity index (χ4n) is 1.51. The van der Waals surface area contributed by atoms with Gasteiger partial charge in [0.05, 0.1) is 11.3 Å². The lowest BCUT2D eigenvalue weighted by Crippen LogP contribution is -2.13. The maximum absolute atomic E-state index is 12.7. The van der Waals surface area contributed by atoms with Crippen molar-refractivity contribution in [3.05, 3.63) is 44.6 Å². The molecule has 0 saturated heterocycles. The van der Waals surface area contributed by atoms with Crippen molar-refractivity contribution in [3.63, 3.8) is 0 Å². The number of alkyl halides is 3. The summed E-state index contributed by atoms with van der Waals surface area (Å²) in [6, 6.07) is 5.03. The highest BCUT2D eigenvalue weighted by Crippen LogP contribution is 2.36. The highest BCUT2D eigenvalue weighted by atomic mass is 79.9. The molecule has 1 aromatic carbocycles. The van der Waals surface area contributed by atoms with Gasteiger partial charge in [0.1, 0.15) is 4.88 Å². The molecule has 0 fully saturated rings. The van der Waals surface area contributed by atoms with Crippen LogP contribution in [0.15, 0.2) is 34.1 Å². The molecule has 106 valence electrons. The molecule has 2 rings (SSSR count). The van der Waals surface area contributed by atoms with Crippen molar-refractivity contribution < 1.29 is 18.0 Å². The summed E-state index contributed by atoms with van der Waals surface area (Å²) in [4.78, 5) is 12.1. The first-order chi connectivity index (χ1) is 9.29. The van der Waals surface area contributed by atoms with Gasteiger partial charge in [0, 0.05) is 10.2 Å². The largest absolute Gasteiger partial charge is 0.417 e. The van der Waals surface area contributed by atoms with E-state index in [4.69, 9.17) is 5.73 Å². The molecule has 1 aromatic heterocycles. The number of nitrogens with two attached hydrogens (primary N) is 1. The second-order valence-electron chi connectivity index (χ2n) is 3.85. The van der Waals surface area contributed by atoms with Gasteiger partial charge in [0.25, 0.3) is 5.91 Å². The van der Waals surface area contributed by atoms with E-state index in [2.05, 4.69) is 21.2 Å². The van der Waals surface area contributed by atoms with Crippen LogP contribution in [0.1, 0.15) is 15.2 Å². The highest BCUT2D eigenvalue weighted by molar-refractivity contribution is 9.10. The van der Waals surface area contributed by atoms with Crippen LogP contribution in [0, 0.1) is 0 Å². The number of halogens is 4. The Morgan fingerprint density at radius 3 is 2.55 bits per heavy atom. The molecule has 3 nitrogen and oxygen atoms in total. The normalized spacial score (nSPS) is 11.4. The Labute approximate surface area is 124 Å². The van der Waals surface area contributed by atoms with Gasteiger partial charge in [0.15, 0.2) is 0 Å². The van der Waals surface area contributed by atoms with E-state index in [1.165, 1.54) is 12.1 Å². The SMILES string of the molecule is Nc1ccsc1C(=O)Nc1ccc(Br)c(C(F)(F)F)c1. The summed E-state index contributed by atoms with van der Waals surface area (Å²) in [5.41, 5.74) is 5.07. The molecule has 1 heterocycles. The van der Waals surface area contributed by atoms with Gasteiger partial charge in [-0.05, 0) is 29.6 Å². The van der Waals surface area contributed by atoms with Gasteiger partial charge in [0.2, 0.25) is 0 Å². The summed E-state index contributed by atoms with van der Waals surface area (Å²) in [6.07, 6.45) is -4.50. The van der Waals surface area contributed by atoms with Gasteiger partial charge in [-0.15, -0.1) is 11.3 Å². The maximum atomic E-state index is 12.7. The third-order valence-corrected chi connectivity index (χ3v) is 4.05. The molecule has 0 aliphatic heterocycles. The molecule has 0 unspecified atom stereocenters. The van der Waals surface area contributed by atoms with Crippen LogP contribution in [-0.2, 0) is 6.18 Å². The van der Waals surface area contributed by atoms with Crippen LogP contribution in [-0.4, -0.2) is 5.91 Å². The average molecular weight is 365 g/mol. The number of amides is 1. The lowest BCUT2D eigenvalue weighted by atomic mass is 10.2. The van der Waals surface area contributed by atoms with Crippen molar-refractivity contribution in [3.8, 4) is 0 Å². The summed E-state index contributed by atoms with van der Waals surface area (Å²) in [5.74, 6) is -0.534. The second kappa shape index (κ2) is 5.45. The number of nitrogens with one attached hydrogen (secondary N) is 1. The van der Waals surface area contributed by atoms with Crippen LogP contribution >= 0.6 is 27.3 Å². The third-order valence-electron chi connectivity index (χ3n) is 2.43. The van der Waals surface area contributed by atoms with Gasteiger partial charge in [-0.25, -0.2) is 0 Å². The van der Waals surface area contributed by atoms with E-state index in [0.29, 0.717) is 5.69 Å². The van der Waals surface area contributed by atoms with E-state index in [9.17, 15) is 18.0 Å². The van der Waals surface area contributed by atoms with Crippen LogP contribution < -0.4 is 11.1 Å². The summed E-state index contributed by atoms with van der Waals surface area (Å²) >= 11 is 3.95. The van der Waals surface area contributed by atoms with Gasteiger partial charge in [-0.3, -0.25) is 4.79 Å². The first kappa shape index (κ1) is 14.9. The minimum Gasteiger partial charge on any atom is -0.397 e. The Kier molecular flexibility index (Phi) is 4.05. The Hall–Kier alpha value is -1.54. The molecular weight excluding hydrogens is 357 g/mol. The zero-order chi connectivity index (χ0) is 14.9. The van der Waals surface area contributed by atoms with Crippen LogP contribution in [0.2, 0.25) is 0 Å². The predicted molar refractivity (Wildman–Crippen MR) is 75.8 cm³/mol. The summed E-state index contributed by atoms with van der Waals surface area (Å²) in [7, 11) is 0. The number of hydrogen-bond donors (Lipinski definition) is 2. The molecule has 0 atom stereocenters. The lowest BCUT2D eigenvalue weighted by Gasteiger charge is -2.11. The van der Waals surface area contributed by atoms with Gasteiger partial charge < -0.3 is 11.1 Å². The molecule has 8 heteroatoms. The Balaban J connectivity index is 2.27. The fraction of sp³-hybridized carbons (Fsp3) is 0.0833. The summed E-state index contributed by atoms with van der Waals surface area (Å²) in [6.45, 7) is 0. The van der Waals surface area contributed by atoms with Gasteiger partial charge in [-0.2, -0.15) is 13.2 Å². The molecule has 0 saturated carbocycles. The number of hydrogen-bond acceptors (Lipinski definition) is 3. The van der Waals surface area contributed by atoms with E-state index in [0.717, 1.165) is 17.4 Å². The van der Waals surface area contributed by atoms with Crippen molar-refractivity contribution in [2.45, 2.75) is 6.18 Å². The molecule has 3 N–H and O–H groups in total. The first-order valence-corrected chi connectivity index (χ1v) is 6.97. The second-order valence-corrected chi connectivity index (χ2v) is 5.62. The quantitative estimate of drug-likeness (QED) is 0.831. The lowest BCUT2D eigenvalue weighted by molar-refractivity contribution is -0.138. The van der Waals surface area contributed by atoms with Crippen molar-refractivity contribution in [1.29, 1.82) is 0 Å². The Bertz CT molecular complexity index is 654. The number of anilines is 2. The zero-order valence-corrected chi connectivity index (χ0v) is 12.2. The molecule has 0 spiro atoms. The topological polar surface area (TPSA) is 55.1 Å². The predicted octanol–water partition coefficient (Wildman–Crippen LogP) is 4.36. The Morgan fingerprint density at radius 2 is 2.00 bits per heavy atom. The van der Waals surface area contributed by atoms with Crippen molar-refractivity contribution in [1.82, 2.24) is 0 Å². The van der Waals surface area contributed by atoms with Crippen LogP contribution in [0.25, 0.3) is 0 Å². The van der Waals surface area contributed by atoms with Crippen LogP contribution in [0.5, 0.6) is 0 Å². The van der Waals surface area contributed by atoms with Crippen molar-refractivity contribution >= 4 is 44.5 Å². The average Bonchev–Trinajstić information content (AvgIpc) is 2.76. The number of carbonyl (C=O) groups is 1. The molecule has 2 aromatic rings. The third kappa shape index (κ3) is 3.13. The Morgan fingerprint density at radius 1 is 1.30 bits per heavy atom. The van der Waals surface area contributed by atoms with E-state index >= 15 is 0 Å².